The fraction of sp³-hybridized carbons (Fsp3) is 0.250. The topological polar surface area (TPSA) is 75.7 Å². The number of hydrogen-bond acceptors (Lipinski definition) is 4. The van der Waals surface area contributed by atoms with Crippen molar-refractivity contribution < 1.29 is 19.1 Å². The van der Waals surface area contributed by atoms with Gasteiger partial charge in [0.25, 0.3) is 0 Å². The normalized spacial score (nSPS) is 12.7. The van der Waals surface area contributed by atoms with E-state index in [2.05, 4.69) is 17.4 Å². The molecule has 34 heavy (non-hydrogen) atoms. The molecule has 0 aromatic heterocycles. The van der Waals surface area contributed by atoms with Crippen LogP contribution < -0.4 is 5.32 Å². The maximum Gasteiger partial charge on any atom is 0.322 e. The molecular weight excluding hydrogens is 428 g/mol. The van der Waals surface area contributed by atoms with Crippen molar-refractivity contribution >= 4 is 23.5 Å². The van der Waals surface area contributed by atoms with Crippen molar-refractivity contribution in [1.82, 2.24) is 4.90 Å². The lowest BCUT2D eigenvalue weighted by Crippen LogP contribution is -2.30. The summed E-state index contributed by atoms with van der Waals surface area (Å²) in [7, 11) is 1.32. The van der Waals surface area contributed by atoms with Gasteiger partial charge in [0.1, 0.15) is 0 Å². The SMILES string of the molecule is COC(=O)C(C)(C)CC(=O)c1ccc(-c2ccc(NC(=O)N3Cc4ccccc4C3)cc2)cc1. The Balaban J connectivity index is 1.37. The van der Waals surface area contributed by atoms with Crippen LogP contribution in [0.5, 0.6) is 0 Å². The Bertz CT molecular complexity index is 1190. The standard InChI is InChI=1S/C28H28N2O4/c1-28(2,26(32)34-3)16-25(31)21-10-8-19(9-11-21)20-12-14-24(15-13-20)29-27(33)30-17-22-6-4-5-7-23(22)18-30/h4-15H,16-18H2,1-3H3,(H,29,33). The number of amides is 2. The fourth-order valence-corrected chi connectivity index (χ4v) is 4.13. The molecule has 3 aromatic carbocycles. The lowest BCUT2D eigenvalue weighted by Gasteiger charge is -2.20. The molecule has 174 valence electrons. The number of methoxy groups -OCH3 is 1. The number of urea groups is 1. The van der Waals surface area contributed by atoms with Crippen LogP contribution in [0.4, 0.5) is 10.5 Å². The number of carbonyl (C=O) groups is 3. The Kier molecular flexibility index (Phi) is 6.50. The van der Waals surface area contributed by atoms with Gasteiger partial charge in [-0.15, -0.1) is 0 Å². The first kappa shape index (κ1) is 23.2. The van der Waals surface area contributed by atoms with Crippen molar-refractivity contribution in [3.05, 3.63) is 89.5 Å². The van der Waals surface area contributed by atoms with Crippen LogP contribution in [-0.4, -0.2) is 29.8 Å². The summed E-state index contributed by atoms with van der Waals surface area (Å²) in [4.78, 5) is 38.9. The average Bonchev–Trinajstić information content (AvgIpc) is 3.28. The van der Waals surface area contributed by atoms with Crippen molar-refractivity contribution in [2.24, 2.45) is 5.41 Å². The van der Waals surface area contributed by atoms with Gasteiger partial charge in [0.15, 0.2) is 5.78 Å². The molecular formula is C28H28N2O4. The van der Waals surface area contributed by atoms with Crippen LogP contribution in [0.25, 0.3) is 11.1 Å². The number of ether oxygens (including phenoxy) is 1. The van der Waals surface area contributed by atoms with Gasteiger partial charge in [-0.05, 0) is 48.2 Å². The van der Waals surface area contributed by atoms with Gasteiger partial charge in [-0.2, -0.15) is 0 Å². The lowest BCUT2D eigenvalue weighted by molar-refractivity contribution is -0.150. The van der Waals surface area contributed by atoms with E-state index >= 15 is 0 Å². The molecule has 0 bridgehead atoms. The number of ketones is 1. The van der Waals surface area contributed by atoms with Crippen LogP contribution >= 0.6 is 0 Å². The van der Waals surface area contributed by atoms with Crippen LogP contribution in [0, 0.1) is 5.41 Å². The Morgan fingerprint density at radius 3 is 1.91 bits per heavy atom. The van der Waals surface area contributed by atoms with Crippen molar-refractivity contribution in [3.63, 3.8) is 0 Å². The molecule has 1 aliphatic heterocycles. The number of anilines is 1. The second-order valence-electron chi connectivity index (χ2n) is 9.19. The number of hydrogen-bond donors (Lipinski definition) is 1. The molecule has 0 radical (unpaired) electrons. The largest absolute Gasteiger partial charge is 0.469 e. The molecule has 4 rings (SSSR count). The molecule has 0 unspecified atom stereocenters. The van der Waals surface area contributed by atoms with Crippen molar-refractivity contribution in [2.45, 2.75) is 33.4 Å². The number of nitrogens with one attached hydrogen (secondary N) is 1. The van der Waals surface area contributed by atoms with E-state index in [0.717, 1.165) is 16.8 Å². The molecule has 0 saturated carbocycles. The molecule has 0 atom stereocenters. The molecule has 1 N–H and O–H groups in total. The zero-order valence-electron chi connectivity index (χ0n) is 19.6. The first-order chi connectivity index (χ1) is 16.3. The minimum Gasteiger partial charge on any atom is -0.469 e. The molecule has 1 heterocycles. The molecule has 1 aliphatic rings. The van der Waals surface area contributed by atoms with Gasteiger partial charge in [-0.1, -0.05) is 60.7 Å². The second kappa shape index (κ2) is 9.51. The maximum absolute atomic E-state index is 12.7. The van der Waals surface area contributed by atoms with E-state index in [1.165, 1.54) is 18.2 Å². The second-order valence-corrected chi connectivity index (χ2v) is 9.19. The summed E-state index contributed by atoms with van der Waals surface area (Å²) in [6.07, 6.45) is 0.0789. The molecule has 0 aliphatic carbocycles. The predicted molar refractivity (Wildman–Crippen MR) is 131 cm³/mol. The maximum atomic E-state index is 12.7. The van der Waals surface area contributed by atoms with Crippen molar-refractivity contribution in [2.75, 3.05) is 12.4 Å². The quantitative estimate of drug-likeness (QED) is 0.383. The van der Waals surface area contributed by atoms with Gasteiger partial charge in [0.05, 0.1) is 12.5 Å². The highest BCUT2D eigenvalue weighted by Gasteiger charge is 2.31. The summed E-state index contributed by atoms with van der Waals surface area (Å²) >= 11 is 0. The zero-order valence-corrected chi connectivity index (χ0v) is 19.6. The molecule has 6 nitrogen and oxygen atoms in total. The van der Waals surface area contributed by atoms with Crippen LogP contribution in [0.2, 0.25) is 0 Å². The summed E-state index contributed by atoms with van der Waals surface area (Å²) in [5.74, 6) is -0.511. The van der Waals surface area contributed by atoms with Crippen LogP contribution in [0.3, 0.4) is 0 Å². The number of benzene rings is 3. The molecule has 0 spiro atoms. The van der Waals surface area contributed by atoms with Crippen LogP contribution in [0.15, 0.2) is 72.8 Å². The molecule has 0 saturated heterocycles. The van der Waals surface area contributed by atoms with Crippen LogP contribution in [0.1, 0.15) is 41.8 Å². The third kappa shape index (κ3) is 5.01. The van der Waals surface area contributed by atoms with Crippen molar-refractivity contribution in [3.8, 4) is 11.1 Å². The van der Waals surface area contributed by atoms with E-state index in [9.17, 15) is 14.4 Å². The number of carbonyl (C=O) groups excluding carboxylic acids is 3. The van der Waals surface area contributed by atoms with Gasteiger partial charge in [-0.3, -0.25) is 9.59 Å². The highest BCUT2D eigenvalue weighted by atomic mass is 16.5. The first-order valence-corrected chi connectivity index (χ1v) is 11.2. The van der Waals surface area contributed by atoms with Gasteiger partial charge in [0, 0.05) is 30.8 Å². The zero-order chi connectivity index (χ0) is 24.3. The third-order valence-corrected chi connectivity index (χ3v) is 6.14. The average molecular weight is 457 g/mol. The van der Waals surface area contributed by atoms with Gasteiger partial charge >= 0.3 is 12.0 Å². The van der Waals surface area contributed by atoms with Crippen molar-refractivity contribution in [1.29, 1.82) is 0 Å². The predicted octanol–water partition coefficient (Wildman–Crippen LogP) is 5.67. The summed E-state index contributed by atoms with van der Waals surface area (Å²) < 4.78 is 4.79. The lowest BCUT2D eigenvalue weighted by atomic mass is 9.85. The van der Waals surface area contributed by atoms with E-state index in [0.29, 0.717) is 18.7 Å². The Hall–Kier alpha value is -3.93. The van der Waals surface area contributed by atoms with E-state index in [-0.39, 0.29) is 18.2 Å². The summed E-state index contributed by atoms with van der Waals surface area (Å²) in [6.45, 7) is 4.63. The minimum atomic E-state index is -0.872. The van der Waals surface area contributed by atoms with Gasteiger partial charge in [0.2, 0.25) is 0 Å². The summed E-state index contributed by atoms with van der Waals surface area (Å²) in [6, 6.07) is 22.9. The number of fused-ring (bicyclic) bond motifs is 1. The Morgan fingerprint density at radius 1 is 0.853 bits per heavy atom. The number of nitrogens with zero attached hydrogens (tertiary/aromatic N) is 1. The number of rotatable bonds is 6. The number of esters is 1. The molecule has 0 fully saturated rings. The monoisotopic (exact) mass is 456 g/mol. The highest BCUT2D eigenvalue weighted by molar-refractivity contribution is 5.99. The summed E-state index contributed by atoms with van der Waals surface area (Å²) in [5.41, 5.74) is 4.70. The Labute approximate surface area is 199 Å². The first-order valence-electron chi connectivity index (χ1n) is 11.2. The summed E-state index contributed by atoms with van der Waals surface area (Å²) in [5, 5.41) is 2.96. The Morgan fingerprint density at radius 2 is 1.38 bits per heavy atom. The smallest absolute Gasteiger partial charge is 0.322 e. The third-order valence-electron chi connectivity index (χ3n) is 6.14. The van der Waals surface area contributed by atoms with Gasteiger partial charge in [-0.25, -0.2) is 4.79 Å². The molecule has 3 aromatic rings. The van der Waals surface area contributed by atoms with E-state index in [1.807, 2.05) is 48.5 Å². The molecule has 6 heteroatoms. The van der Waals surface area contributed by atoms with E-state index < -0.39 is 11.4 Å². The fourth-order valence-electron chi connectivity index (χ4n) is 4.13. The van der Waals surface area contributed by atoms with E-state index in [1.54, 1.807) is 30.9 Å². The van der Waals surface area contributed by atoms with E-state index in [4.69, 9.17) is 4.74 Å². The number of Topliss-reactive ketones (excluding diaryl/α,β-unsaturated/α-hetero) is 1. The van der Waals surface area contributed by atoms with Crippen LogP contribution in [-0.2, 0) is 22.6 Å². The highest BCUT2D eigenvalue weighted by Crippen LogP contribution is 2.27. The minimum absolute atomic E-state index is 0.0789. The van der Waals surface area contributed by atoms with Gasteiger partial charge < -0.3 is 15.0 Å². The molecule has 2 amide bonds.